The molecule has 1 unspecified atom stereocenters. The lowest BCUT2D eigenvalue weighted by atomic mass is 9.46. The van der Waals surface area contributed by atoms with Gasteiger partial charge in [0.25, 0.3) is 0 Å². The van der Waals surface area contributed by atoms with Crippen LogP contribution in [0, 0.1) is 28.6 Å². The fraction of sp³-hybridized carbons (Fsp3) is 0.773. The molecule has 4 aliphatic rings. The number of hydrogen-bond acceptors (Lipinski definition) is 4. The van der Waals surface area contributed by atoms with Crippen molar-refractivity contribution >= 4 is 28.2 Å². The molecule has 4 aliphatic carbocycles. The van der Waals surface area contributed by atoms with Crippen molar-refractivity contribution in [3.8, 4) is 0 Å². The minimum atomic E-state index is -0.0370. The van der Waals surface area contributed by atoms with E-state index in [1.807, 2.05) is 0 Å². The molecule has 6 atom stereocenters. The van der Waals surface area contributed by atoms with Crippen LogP contribution in [0.15, 0.2) is 0 Å². The van der Waals surface area contributed by atoms with E-state index in [0.717, 1.165) is 42.7 Å². The molecule has 0 aliphatic heterocycles. The fourth-order valence-electron chi connectivity index (χ4n) is 7.42. The van der Waals surface area contributed by atoms with Crippen molar-refractivity contribution in [2.75, 3.05) is 5.32 Å². The summed E-state index contributed by atoms with van der Waals surface area (Å²) in [5.74, 6) is 3.14. The molecule has 0 spiro atoms. The van der Waals surface area contributed by atoms with E-state index >= 15 is 0 Å². The summed E-state index contributed by atoms with van der Waals surface area (Å²) < 4.78 is 0. The quantitative estimate of drug-likeness (QED) is 0.743. The Kier molecular flexibility index (Phi) is 3.89. The third-order valence-electron chi connectivity index (χ3n) is 8.81. The number of aryl methyl sites for hydroxylation is 1. The molecule has 5 heteroatoms. The first-order valence-electron chi connectivity index (χ1n) is 10.6. The van der Waals surface area contributed by atoms with Crippen molar-refractivity contribution in [3.05, 3.63) is 10.6 Å². The standard InChI is InChI=1S/C22H30N2O2S/c1-12(25)23-20-24-17-9-11-21(2)15-8-10-22(3)14(6-7-18(22)26)13(15)4-5-16(21)19(17)27-20/h13-16H,4-11H2,1-3H3,(H,23,24,25)/t13-,14-,15-,16?,21+,22-/m0/s1. The molecule has 146 valence electrons. The first-order chi connectivity index (χ1) is 12.8. The summed E-state index contributed by atoms with van der Waals surface area (Å²) >= 11 is 1.71. The maximum atomic E-state index is 12.6. The highest BCUT2D eigenvalue weighted by Gasteiger charge is 2.60. The monoisotopic (exact) mass is 386 g/mol. The zero-order valence-electron chi connectivity index (χ0n) is 16.6. The van der Waals surface area contributed by atoms with Crippen LogP contribution in [0.1, 0.15) is 82.2 Å². The van der Waals surface area contributed by atoms with E-state index in [2.05, 4.69) is 19.2 Å². The maximum absolute atomic E-state index is 12.6. The number of carbonyl (C=O) groups excluding carboxylic acids is 2. The second kappa shape index (κ2) is 5.88. The molecule has 27 heavy (non-hydrogen) atoms. The number of nitrogens with zero attached hydrogens (tertiary/aromatic N) is 1. The molecule has 1 amide bonds. The van der Waals surface area contributed by atoms with Crippen LogP contribution in [0.4, 0.5) is 5.13 Å². The Hall–Kier alpha value is -1.23. The van der Waals surface area contributed by atoms with Gasteiger partial charge in [-0.2, -0.15) is 0 Å². The Bertz CT molecular complexity index is 817. The lowest BCUT2D eigenvalue weighted by Gasteiger charge is -2.59. The number of aromatic nitrogens is 1. The average Bonchev–Trinajstić information content (AvgIpc) is 3.14. The molecule has 3 saturated carbocycles. The Morgan fingerprint density at radius 2 is 1.93 bits per heavy atom. The first kappa shape index (κ1) is 17.8. The average molecular weight is 387 g/mol. The second-order valence-corrected chi connectivity index (χ2v) is 11.0. The van der Waals surface area contributed by atoms with Gasteiger partial charge in [-0.3, -0.25) is 9.59 Å². The molecular formula is C22H30N2O2S. The molecule has 0 aromatic carbocycles. The number of rotatable bonds is 1. The summed E-state index contributed by atoms with van der Waals surface area (Å²) in [5.41, 5.74) is 1.51. The van der Waals surface area contributed by atoms with Crippen molar-refractivity contribution < 1.29 is 9.59 Å². The minimum absolute atomic E-state index is 0.0345. The topological polar surface area (TPSA) is 59.1 Å². The summed E-state index contributed by atoms with van der Waals surface area (Å²) in [6.07, 6.45) is 8.93. The summed E-state index contributed by atoms with van der Waals surface area (Å²) in [4.78, 5) is 30.2. The number of anilines is 1. The highest BCUT2D eigenvalue weighted by Crippen LogP contribution is 2.67. The Labute approximate surface area is 165 Å². The van der Waals surface area contributed by atoms with E-state index in [-0.39, 0.29) is 11.3 Å². The number of fused-ring (bicyclic) bond motifs is 7. The molecule has 1 heterocycles. The van der Waals surface area contributed by atoms with Gasteiger partial charge < -0.3 is 5.32 Å². The number of amides is 1. The number of Topliss-reactive ketones (excluding diaryl/α,β-unsaturated/α-hetero) is 1. The minimum Gasteiger partial charge on any atom is -0.302 e. The molecule has 4 nitrogen and oxygen atoms in total. The van der Waals surface area contributed by atoms with Gasteiger partial charge in [0.2, 0.25) is 5.91 Å². The molecule has 0 bridgehead atoms. The molecule has 5 rings (SSSR count). The number of thiazole rings is 1. The number of nitrogens with one attached hydrogen (secondary N) is 1. The molecule has 3 fully saturated rings. The van der Waals surface area contributed by atoms with Crippen molar-refractivity contribution in [3.63, 3.8) is 0 Å². The van der Waals surface area contributed by atoms with Gasteiger partial charge in [-0.05, 0) is 68.1 Å². The predicted octanol–water partition coefficient (Wildman–Crippen LogP) is 4.94. The van der Waals surface area contributed by atoms with Gasteiger partial charge in [-0.25, -0.2) is 4.98 Å². The zero-order chi connectivity index (χ0) is 19.0. The van der Waals surface area contributed by atoms with Gasteiger partial charge in [0.05, 0.1) is 5.69 Å². The van der Waals surface area contributed by atoms with Crippen LogP contribution in [0.5, 0.6) is 0 Å². The SMILES string of the molecule is CC(=O)Nc1nc2c(s1)C1CC[C@@H]3[C@H](CC[C@]4(C)C(=O)CC[C@@H]34)[C@@]1(C)CC2. The number of ketones is 1. The van der Waals surface area contributed by atoms with Crippen LogP contribution in [0.25, 0.3) is 0 Å². The third-order valence-corrected chi connectivity index (χ3v) is 9.93. The van der Waals surface area contributed by atoms with Gasteiger partial charge in [-0.1, -0.05) is 13.8 Å². The lowest BCUT2D eigenvalue weighted by Crippen LogP contribution is -2.52. The summed E-state index contributed by atoms with van der Waals surface area (Å²) in [6, 6.07) is 0. The van der Waals surface area contributed by atoms with Crippen molar-refractivity contribution in [2.24, 2.45) is 28.6 Å². The van der Waals surface area contributed by atoms with E-state index in [9.17, 15) is 9.59 Å². The van der Waals surface area contributed by atoms with Crippen LogP contribution in [-0.4, -0.2) is 16.7 Å². The van der Waals surface area contributed by atoms with Gasteiger partial charge >= 0.3 is 0 Å². The predicted molar refractivity (Wildman–Crippen MR) is 107 cm³/mol. The Morgan fingerprint density at radius 3 is 2.70 bits per heavy atom. The highest BCUT2D eigenvalue weighted by molar-refractivity contribution is 7.16. The molecule has 1 N–H and O–H groups in total. The maximum Gasteiger partial charge on any atom is 0.223 e. The van der Waals surface area contributed by atoms with E-state index in [4.69, 9.17) is 4.98 Å². The van der Waals surface area contributed by atoms with E-state index in [1.54, 1.807) is 18.3 Å². The molecule has 0 saturated heterocycles. The largest absolute Gasteiger partial charge is 0.302 e. The van der Waals surface area contributed by atoms with Crippen molar-refractivity contribution in [1.29, 1.82) is 0 Å². The molecule has 1 aromatic heterocycles. The summed E-state index contributed by atoms with van der Waals surface area (Å²) in [5, 5.41) is 3.67. The van der Waals surface area contributed by atoms with Gasteiger partial charge in [0.1, 0.15) is 5.78 Å². The van der Waals surface area contributed by atoms with Crippen LogP contribution in [0.2, 0.25) is 0 Å². The van der Waals surface area contributed by atoms with E-state index < -0.39 is 0 Å². The Morgan fingerprint density at radius 1 is 1.11 bits per heavy atom. The second-order valence-electron chi connectivity index (χ2n) is 9.94. The van der Waals surface area contributed by atoms with Crippen molar-refractivity contribution in [1.82, 2.24) is 4.98 Å². The Balaban J connectivity index is 1.47. The van der Waals surface area contributed by atoms with Crippen molar-refractivity contribution in [2.45, 2.75) is 78.1 Å². The molecule has 0 radical (unpaired) electrons. The van der Waals surface area contributed by atoms with E-state index in [1.165, 1.54) is 36.3 Å². The zero-order valence-corrected chi connectivity index (χ0v) is 17.5. The molecule has 1 aromatic rings. The lowest BCUT2D eigenvalue weighted by molar-refractivity contribution is -0.134. The molecular weight excluding hydrogens is 356 g/mol. The van der Waals surface area contributed by atoms with Gasteiger partial charge in [-0.15, -0.1) is 11.3 Å². The van der Waals surface area contributed by atoms with Gasteiger partial charge in [0.15, 0.2) is 5.13 Å². The normalized spacial score (nSPS) is 42.7. The number of carbonyl (C=O) groups is 2. The summed E-state index contributed by atoms with van der Waals surface area (Å²) in [7, 11) is 0. The van der Waals surface area contributed by atoms with Crippen LogP contribution in [-0.2, 0) is 16.0 Å². The number of hydrogen-bond donors (Lipinski definition) is 1. The van der Waals surface area contributed by atoms with Crippen LogP contribution >= 0.6 is 11.3 Å². The highest BCUT2D eigenvalue weighted by atomic mass is 32.1. The summed E-state index contributed by atoms with van der Waals surface area (Å²) in [6.45, 7) is 6.34. The van der Waals surface area contributed by atoms with E-state index in [0.29, 0.717) is 23.0 Å². The van der Waals surface area contributed by atoms with Gasteiger partial charge in [0, 0.05) is 29.6 Å². The smallest absolute Gasteiger partial charge is 0.223 e. The third kappa shape index (κ3) is 2.43. The first-order valence-corrected chi connectivity index (χ1v) is 11.4. The van der Waals surface area contributed by atoms with Crippen LogP contribution in [0.3, 0.4) is 0 Å². The fourth-order valence-corrected chi connectivity index (χ4v) is 8.78. The van der Waals surface area contributed by atoms with Crippen LogP contribution < -0.4 is 5.32 Å².